The SMILES string of the molecule is O=[N+]([O-])c1cc(C(F)(F)F)cc([N+](=O)[O-])c1NN=CC(=C(Br)c1ccccc1)c1ccccc1. The smallest absolute Gasteiger partial charge is 0.266 e. The molecule has 3 rings (SSSR count). The summed E-state index contributed by atoms with van der Waals surface area (Å²) in [5.74, 6) is 0. The van der Waals surface area contributed by atoms with E-state index in [4.69, 9.17) is 0 Å². The van der Waals surface area contributed by atoms with E-state index >= 15 is 0 Å². The summed E-state index contributed by atoms with van der Waals surface area (Å²) in [4.78, 5) is 20.5. The van der Waals surface area contributed by atoms with E-state index in [0.717, 1.165) is 5.56 Å². The minimum absolute atomic E-state index is 0.221. The largest absolute Gasteiger partial charge is 0.416 e. The summed E-state index contributed by atoms with van der Waals surface area (Å²) in [6.45, 7) is 0. The third-order valence-corrected chi connectivity index (χ3v) is 5.42. The second-order valence-corrected chi connectivity index (χ2v) is 7.52. The summed E-state index contributed by atoms with van der Waals surface area (Å²) in [5.41, 5.74) is -0.383. The lowest BCUT2D eigenvalue weighted by Crippen LogP contribution is -2.09. The van der Waals surface area contributed by atoms with Gasteiger partial charge in [0, 0.05) is 22.2 Å². The Bertz CT molecular complexity index is 1250. The Kier molecular flexibility index (Phi) is 7.41. The minimum atomic E-state index is -5.01. The summed E-state index contributed by atoms with van der Waals surface area (Å²) < 4.78 is 39.9. The van der Waals surface area contributed by atoms with Crippen molar-refractivity contribution >= 4 is 49.3 Å². The quantitative estimate of drug-likeness (QED) is 0.153. The van der Waals surface area contributed by atoms with Gasteiger partial charge in [-0.3, -0.25) is 25.7 Å². The van der Waals surface area contributed by atoms with Crippen LogP contribution in [0, 0.1) is 20.2 Å². The molecule has 8 nitrogen and oxygen atoms in total. The standard InChI is InChI=1S/C22H14BrF3N4O4/c23-20(15-9-5-2-6-10-15)17(14-7-3-1-4-8-14)13-27-28-21-18(29(31)32)11-16(22(24,25)26)12-19(21)30(33)34/h1-13,28H. The molecule has 34 heavy (non-hydrogen) atoms. The fourth-order valence-electron chi connectivity index (χ4n) is 2.96. The van der Waals surface area contributed by atoms with Crippen molar-refractivity contribution in [3.63, 3.8) is 0 Å². The van der Waals surface area contributed by atoms with Gasteiger partial charge in [-0.15, -0.1) is 0 Å². The van der Waals surface area contributed by atoms with Crippen LogP contribution in [0.25, 0.3) is 10.1 Å². The maximum Gasteiger partial charge on any atom is 0.416 e. The van der Waals surface area contributed by atoms with Crippen molar-refractivity contribution in [1.29, 1.82) is 0 Å². The van der Waals surface area contributed by atoms with Crippen molar-refractivity contribution in [2.24, 2.45) is 5.10 Å². The summed E-state index contributed by atoms with van der Waals surface area (Å²) in [6.07, 6.45) is -3.75. The summed E-state index contributed by atoms with van der Waals surface area (Å²) in [7, 11) is 0. The first-order chi connectivity index (χ1) is 16.1. The van der Waals surface area contributed by atoms with E-state index in [2.05, 4.69) is 26.5 Å². The Labute approximate surface area is 198 Å². The fraction of sp³-hybridized carbons (Fsp3) is 0.0455. The molecule has 0 aliphatic carbocycles. The van der Waals surface area contributed by atoms with Gasteiger partial charge in [0.05, 0.1) is 21.6 Å². The number of anilines is 1. The molecule has 0 aromatic heterocycles. The highest BCUT2D eigenvalue weighted by atomic mass is 79.9. The van der Waals surface area contributed by atoms with Crippen molar-refractivity contribution in [2.75, 3.05) is 5.43 Å². The number of nitrogens with one attached hydrogen (secondary N) is 1. The van der Waals surface area contributed by atoms with Crippen LogP contribution in [0.3, 0.4) is 0 Å². The third kappa shape index (κ3) is 5.64. The molecule has 1 N–H and O–H groups in total. The van der Waals surface area contributed by atoms with Crippen LogP contribution in [-0.4, -0.2) is 16.1 Å². The molecule has 0 radical (unpaired) electrons. The average Bonchev–Trinajstić information content (AvgIpc) is 2.81. The molecule has 0 amide bonds. The molecule has 174 valence electrons. The van der Waals surface area contributed by atoms with Crippen molar-refractivity contribution < 1.29 is 23.0 Å². The molecular formula is C22H14BrF3N4O4. The number of halogens is 4. The zero-order chi connectivity index (χ0) is 24.9. The maximum absolute atomic E-state index is 13.1. The highest BCUT2D eigenvalue weighted by Crippen LogP contribution is 2.41. The predicted molar refractivity (Wildman–Crippen MR) is 125 cm³/mol. The van der Waals surface area contributed by atoms with Gasteiger partial charge in [-0.1, -0.05) is 60.7 Å². The van der Waals surface area contributed by atoms with E-state index < -0.39 is 38.6 Å². The average molecular weight is 535 g/mol. The van der Waals surface area contributed by atoms with E-state index in [1.54, 1.807) is 30.3 Å². The maximum atomic E-state index is 13.1. The van der Waals surface area contributed by atoms with E-state index in [9.17, 15) is 33.4 Å². The molecule has 0 saturated heterocycles. The first-order valence-corrected chi connectivity index (χ1v) is 10.2. The van der Waals surface area contributed by atoms with E-state index in [0.29, 0.717) is 15.6 Å². The number of nitrogens with zero attached hydrogens (tertiary/aromatic N) is 3. The Morgan fingerprint density at radius 1 is 0.882 bits per heavy atom. The molecule has 0 fully saturated rings. The monoisotopic (exact) mass is 534 g/mol. The molecule has 0 aliphatic rings. The third-order valence-electron chi connectivity index (χ3n) is 4.54. The topological polar surface area (TPSA) is 111 Å². The van der Waals surface area contributed by atoms with Gasteiger partial charge < -0.3 is 0 Å². The van der Waals surface area contributed by atoms with Gasteiger partial charge in [-0.2, -0.15) is 18.3 Å². The normalized spacial score (nSPS) is 12.4. The molecule has 3 aromatic rings. The molecule has 0 spiro atoms. The van der Waals surface area contributed by atoms with Gasteiger partial charge >= 0.3 is 17.6 Å². The second kappa shape index (κ2) is 10.3. The number of benzene rings is 3. The highest BCUT2D eigenvalue weighted by molar-refractivity contribution is 9.15. The molecule has 3 aromatic carbocycles. The van der Waals surface area contributed by atoms with Crippen molar-refractivity contribution in [1.82, 2.24) is 0 Å². The Balaban J connectivity index is 2.10. The molecule has 0 unspecified atom stereocenters. The Hall–Kier alpha value is -4.06. The molecule has 0 atom stereocenters. The number of allylic oxidation sites excluding steroid dienone is 1. The van der Waals surface area contributed by atoms with Crippen LogP contribution < -0.4 is 5.43 Å². The number of hydrogen-bond donors (Lipinski definition) is 1. The number of hydrogen-bond acceptors (Lipinski definition) is 6. The summed E-state index contributed by atoms with van der Waals surface area (Å²) >= 11 is 3.50. The summed E-state index contributed by atoms with van der Waals surface area (Å²) in [5, 5.41) is 26.7. The number of nitro benzene ring substituents is 2. The highest BCUT2D eigenvalue weighted by Gasteiger charge is 2.37. The van der Waals surface area contributed by atoms with Crippen molar-refractivity contribution in [3.8, 4) is 0 Å². The van der Waals surface area contributed by atoms with E-state index in [-0.39, 0.29) is 12.1 Å². The number of rotatable bonds is 7. The first kappa shape index (κ1) is 24.6. The second-order valence-electron chi connectivity index (χ2n) is 6.73. The van der Waals surface area contributed by atoms with Crippen LogP contribution in [0.2, 0.25) is 0 Å². The number of hydrazone groups is 1. The van der Waals surface area contributed by atoms with Gasteiger partial charge in [-0.05, 0) is 27.1 Å². The van der Waals surface area contributed by atoms with E-state index in [1.165, 1.54) is 6.21 Å². The van der Waals surface area contributed by atoms with Gasteiger partial charge in [0.2, 0.25) is 5.69 Å². The molecule has 0 bridgehead atoms. The lowest BCUT2D eigenvalue weighted by Gasteiger charge is -2.10. The Morgan fingerprint density at radius 2 is 1.35 bits per heavy atom. The van der Waals surface area contributed by atoms with Gasteiger partial charge in [0.25, 0.3) is 0 Å². The molecule has 12 heteroatoms. The van der Waals surface area contributed by atoms with Crippen LogP contribution >= 0.6 is 15.9 Å². The summed E-state index contributed by atoms with van der Waals surface area (Å²) in [6, 6.07) is 18.4. The van der Waals surface area contributed by atoms with Gasteiger partial charge in [0.15, 0.2) is 0 Å². The van der Waals surface area contributed by atoms with Gasteiger partial charge in [-0.25, -0.2) is 0 Å². The van der Waals surface area contributed by atoms with E-state index in [1.807, 2.05) is 30.3 Å². The molecule has 0 heterocycles. The van der Waals surface area contributed by atoms with Gasteiger partial charge in [0.1, 0.15) is 0 Å². The lowest BCUT2D eigenvalue weighted by molar-refractivity contribution is -0.392. The predicted octanol–water partition coefficient (Wildman–Crippen LogP) is 6.88. The van der Waals surface area contributed by atoms with Crippen LogP contribution in [0.5, 0.6) is 0 Å². The lowest BCUT2D eigenvalue weighted by atomic mass is 10.0. The van der Waals surface area contributed by atoms with Crippen molar-refractivity contribution in [3.05, 3.63) is 110 Å². The number of nitro groups is 2. The van der Waals surface area contributed by atoms with Crippen LogP contribution in [0.15, 0.2) is 77.9 Å². The first-order valence-electron chi connectivity index (χ1n) is 9.43. The fourth-order valence-corrected chi connectivity index (χ4v) is 3.55. The molecular weight excluding hydrogens is 521 g/mol. The van der Waals surface area contributed by atoms with Crippen LogP contribution in [-0.2, 0) is 6.18 Å². The number of alkyl halides is 3. The zero-order valence-electron chi connectivity index (χ0n) is 17.0. The molecule has 0 aliphatic heterocycles. The minimum Gasteiger partial charge on any atom is -0.266 e. The zero-order valence-corrected chi connectivity index (χ0v) is 18.6. The molecule has 0 saturated carbocycles. The Morgan fingerprint density at radius 3 is 1.79 bits per heavy atom. The van der Waals surface area contributed by atoms with Crippen LogP contribution in [0.4, 0.5) is 30.2 Å². The van der Waals surface area contributed by atoms with Crippen LogP contribution in [0.1, 0.15) is 16.7 Å². The van der Waals surface area contributed by atoms with Crippen molar-refractivity contribution in [2.45, 2.75) is 6.18 Å².